The molecule has 0 fully saturated rings. The fourth-order valence-corrected chi connectivity index (χ4v) is 3.12. The van der Waals surface area contributed by atoms with Gasteiger partial charge in [0.15, 0.2) is 6.61 Å². The molecule has 1 heterocycles. The van der Waals surface area contributed by atoms with Crippen LogP contribution in [0.25, 0.3) is 5.69 Å². The molecule has 8 nitrogen and oxygen atoms in total. The van der Waals surface area contributed by atoms with E-state index < -0.39 is 18.5 Å². The Morgan fingerprint density at radius 3 is 2.34 bits per heavy atom. The minimum atomic E-state index is -0.520. The molecule has 0 spiro atoms. The van der Waals surface area contributed by atoms with E-state index in [4.69, 9.17) is 4.74 Å². The summed E-state index contributed by atoms with van der Waals surface area (Å²) in [5.41, 5.74) is 2.64. The van der Waals surface area contributed by atoms with Gasteiger partial charge in [-0.15, -0.1) is 0 Å². The molecule has 3 rings (SSSR count). The van der Waals surface area contributed by atoms with Crippen molar-refractivity contribution in [2.75, 3.05) is 25.0 Å². The summed E-state index contributed by atoms with van der Waals surface area (Å²) in [6.45, 7) is 4.71. The van der Waals surface area contributed by atoms with Gasteiger partial charge >= 0.3 is 5.97 Å². The highest BCUT2D eigenvalue weighted by atomic mass is 16.5. The topological polar surface area (TPSA) is 93.5 Å². The maximum absolute atomic E-state index is 12.3. The lowest BCUT2D eigenvalue weighted by Crippen LogP contribution is -2.30. The predicted octanol–water partition coefficient (Wildman–Crippen LogP) is 3.08. The molecule has 0 unspecified atom stereocenters. The van der Waals surface area contributed by atoms with Crippen LogP contribution in [-0.2, 0) is 20.7 Å². The molecule has 8 heteroatoms. The Balaban J connectivity index is 1.46. The van der Waals surface area contributed by atoms with Crippen molar-refractivity contribution in [3.8, 4) is 5.69 Å². The first-order valence-corrected chi connectivity index (χ1v) is 10.4. The van der Waals surface area contributed by atoms with Gasteiger partial charge in [-0.1, -0.05) is 18.2 Å². The lowest BCUT2D eigenvalue weighted by molar-refractivity contribution is -0.146. The number of hydrogen-bond acceptors (Lipinski definition) is 5. The first-order chi connectivity index (χ1) is 15.5. The molecule has 1 aromatic heterocycles. The smallest absolute Gasteiger partial charge is 0.310 e. The van der Waals surface area contributed by atoms with Crippen LogP contribution in [0, 0.1) is 0 Å². The molecule has 2 amide bonds. The summed E-state index contributed by atoms with van der Waals surface area (Å²) >= 11 is 0. The van der Waals surface area contributed by atoms with E-state index in [1.807, 2.05) is 44.2 Å². The van der Waals surface area contributed by atoms with Crippen molar-refractivity contribution in [2.24, 2.45) is 0 Å². The maximum atomic E-state index is 12.3. The van der Waals surface area contributed by atoms with Crippen molar-refractivity contribution < 1.29 is 19.1 Å². The van der Waals surface area contributed by atoms with Gasteiger partial charge in [-0.3, -0.25) is 14.4 Å². The second-order valence-corrected chi connectivity index (χ2v) is 7.07. The summed E-state index contributed by atoms with van der Waals surface area (Å²) < 4.78 is 6.74. The van der Waals surface area contributed by atoms with Crippen molar-refractivity contribution in [1.29, 1.82) is 0 Å². The molecular weight excluding hydrogens is 408 g/mol. The van der Waals surface area contributed by atoms with Gasteiger partial charge in [0.2, 0.25) is 0 Å². The number of nitrogens with zero attached hydrogens (tertiary/aromatic N) is 3. The van der Waals surface area contributed by atoms with Crippen molar-refractivity contribution in [1.82, 2.24) is 14.7 Å². The molecule has 32 heavy (non-hydrogen) atoms. The van der Waals surface area contributed by atoms with Crippen LogP contribution < -0.4 is 5.32 Å². The third kappa shape index (κ3) is 6.04. The van der Waals surface area contributed by atoms with Crippen LogP contribution in [0.5, 0.6) is 0 Å². The largest absolute Gasteiger partial charge is 0.455 e. The number of esters is 1. The number of ether oxygens (including phenoxy) is 1. The summed E-state index contributed by atoms with van der Waals surface area (Å²) in [6, 6.07) is 16.1. The van der Waals surface area contributed by atoms with E-state index in [1.54, 1.807) is 46.2 Å². The normalized spacial score (nSPS) is 10.4. The first-order valence-electron chi connectivity index (χ1n) is 10.4. The Kier molecular flexibility index (Phi) is 7.75. The Bertz CT molecular complexity index is 1060. The van der Waals surface area contributed by atoms with E-state index in [0.717, 1.165) is 5.69 Å². The third-order valence-corrected chi connectivity index (χ3v) is 4.84. The van der Waals surface area contributed by atoms with E-state index in [-0.39, 0.29) is 12.3 Å². The van der Waals surface area contributed by atoms with Gasteiger partial charge < -0.3 is 15.0 Å². The average molecular weight is 434 g/mol. The van der Waals surface area contributed by atoms with Gasteiger partial charge in [0, 0.05) is 36.1 Å². The van der Waals surface area contributed by atoms with Gasteiger partial charge in [-0.2, -0.15) is 5.10 Å². The molecule has 0 bridgehead atoms. The number of benzene rings is 2. The molecule has 3 aromatic rings. The Morgan fingerprint density at radius 1 is 1.00 bits per heavy atom. The van der Waals surface area contributed by atoms with Crippen molar-refractivity contribution in [3.63, 3.8) is 0 Å². The molecular formula is C24H26N4O4. The quantitative estimate of drug-likeness (QED) is 0.523. The predicted molar refractivity (Wildman–Crippen MR) is 121 cm³/mol. The van der Waals surface area contributed by atoms with E-state index in [2.05, 4.69) is 10.4 Å². The molecule has 2 aromatic carbocycles. The zero-order valence-electron chi connectivity index (χ0n) is 18.2. The summed E-state index contributed by atoms with van der Waals surface area (Å²) in [7, 11) is 0. The van der Waals surface area contributed by atoms with Gasteiger partial charge in [0.25, 0.3) is 11.8 Å². The summed E-state index contributed by atoms with van der Waals surface area (Å²) in [5, 5.41) is 6.89. The molecule has 0 radical (unpaired) electrons. The lowest BCUT2D eigenvalue weighted by Gasteiger charge is -2.18. The standard InChI is InChI=1S/C24H26N4O4/c1-3-27(4-2)24(31)19-10-12-20(13-11-19)26-22(29)17-32-23(30)14-18-15-25-28(16-18)21-8-6-5-7-9-21/h5-13,15-16H,3-4,14,17H2,1-2H3,(H,26,29). The fourth-order valence-electron chi connectivity index (χ4n) is 3.12. The molecule has 0 aliphatic rings. The van der Waals surface area contributed by atoms with E-state index >= 15 is 0 Å². The number of para-hydroxylation sites is 1. The molecule has 0 saturated heterocycles. The Hall–Kier alpha value is -3.94. The van der Waals surface area contributed by atoms with Gasteiger partial charge in [-0.25, -0.2) is 4.68 Å². The highest BCUT2D eigenvalue weighted by molar-refractivity contribution is 5.96. The molecule has 0 aliphatic carbocycles. The van der Waals surface area contributed by atoms with Crippen molar-refractivity contribution in [3.05, 3.63) is 78.1 Å². The number of rotatable bonds is 9. The minimum Gasteiger partial charge on any atom is -0.455 e. The zero-order chi connectivity index (χ0) is 22.9. The number of aromatic nitrogens is 2. The second kappa shape index (κ2) is 10.9. The summed E-state index contributed by atoms with van der Waals surface area (Å²) in [4.78, 5) is 38.2. The fraction of sp³-hybridized carbons (Fsp3) is 0.250. The van der Waals surface area contributed by atoms with Crippen LogP contribution in [0.2, 0.25) is 0 Å². The third-order valence-electron chi connectivity index (χ3n) is 4.84. The maximum Gasteiger partial charge on any atom is 0.310 e. The van der Waals surface area contributed by atoms with Crippen LogP contribution in [0.1, 0.15) is 29.8 Å². The zero-order valence-corrected chi connectivity index (χ0v) is 18.2. The molecule has 0 saturated carbocycles. The summed E-state index contributed by atoms with van der Waals surface area (Å²) in [5.74, 6) is -1.04. The number of amides is 2. The number of carbonyl (C=O) groups excluding carboxylic acids is 3. The van der Waals surface area contributed by atoms with Crippen molar-refractivity contribution >= 4 is 23.5 Å². The van der Waals surface area contributed by atoms with E-state index in [1.165, 1.54) is 0 Å². The van der Waals surface area contributed by atoms with Gasteiger partial charge in [0.05, 0.1) is 18.3 Å². The highest BCUT2D eigenvalue weighted by Crippen LogP contribution is 2.12. The number of carbonyl (C=O) groups is 3. The lowest BCUT2D eigenvalue weighted by atomic mass is 10.2. The van der Waals surface area contributed by atoms with Crippen LogP contribution >= 0.6 is 0 Å². The summed E-state index contributed by atoms with van der Waals surface area (Å²) in [6.07, 6.45) is 3.36. The average Bonchev–Trinajstić information content (AvgIpc) is 3.28. The van der Waals surface area contributed by atoms with Gasteiger partial charge in [-0.05, 0) is 50.2 Å². The minimum absolute atomic E-state index is 0.0162. The molecule has 0 aliphatic heterocycles. The molecule has 0 atom stereocenters. The number of hydrogen-bond donors (Lipinski definition) is 1. The molecule has 1 N–H and O–H groups in total. The highest BCUT2D eigenvalue weighted by Gasteiger charge is 2.13. The Morgan fingerprint density at radius 2 is 1.69 bits per heavy atom. The van der Waals surface area contributed by atoms with Crippen LogP contribution in [-0.4, -0.2) is 52.2 Å². The van der Waals surface area contributed by atoms with Crippen LogP contribution in [0.15, 0.2) is 67.0 Å². The van der Waals surface area contributed by atoms with Crippen molar-refractivity contribution in [2.45, 2.75) is 20.3 Å². The van der Waals surface area contributed by atoms with Crippen LogP contribution in [0.3, 0.4) is 0 Å². The van der Waals surface area contributed by atoms with Gasteiger partial charge in [0.1, 0.15) is 0 Å². The second-order valence-electron chi connectivity index (χ2n) is 7.07. The van der Waals surface area contributed by atoms with Crippen LogP contribution in [0.4, 0.5) is 5.69 Å². The number of nitrogens with one attached hydrogen (secondary N) is 1. The first kappa shape index (κ1) is 22.7. The Labute approximate surface area is 186 Å². The van der Waals surface area contributed by atoms with E-state index in [9.17, 15) is 14.4 Å². The SMILES string of the molecule is CCN(CC)C(=O)c1ccc(NC(=O)COC(=O)Cc2cnn(-c3ccccc3)c2)cc1. The number of anilines is 1. The van der Waals surface area contributed by atoms with E-state index in [0.29, 0.717) is 29.9 Å². The molecule has 166 valence electrons. The monoisotopic (exact) mass is 434 g/mol.